The molecule has 2 aromatic carbocycles. The van der Waals surface area contributed by atoms with Gasteiger partial charge in [0.05, 0.1) is 5.92 Å². The van der Waals surface area contributed by atoms with Crippen molar-refractivity contribution in [2.24, 2.45) is 5.92 Å². The molecule has 3 rings (SSSR count). The van der Waals surface area contributed by atoms with E-state index in [1.165, 1.54) is 0 Å². The van der Waals surface area contributed by atoms with E-state index in [0.29, 0.717) is 13.2 Å². The summed E-state index contributed by atoms with van der Waals surface area (Å²) >= 11 is 0. The van der Waals surface area contributed by atoms with Crippen LogP contribution in [0, 0.1) is 5.92 Å². The fraction of sp³-hybridized carbons (Fsp3) is 0.250. The minimum atomic E-state index is -0.0701. The highest BCUT2D eigenvalue weighted by Gasteiger charge is 2.30. The predicted octanol–water partition coefficient (Wildman–Crippen LogP) is 4.23. The molecule has 3 nitrogen and oxygen atoms in total. The normalized spacial score (nSPS) is 13.9. The zero-order valence-electron chi connectivity index (χ0n) is 13.0. The number of ether oxygens (including phenoxy) is 2. The van der Waals surface area contributed by atoms with E-state index in [-0.39, 0.29) is 11.9 Å². The summed E-state index contributed by atoms with van der Waals surface area (Å²) in [5, 5.41) is 0. The summed E-state index contributed by atoms with van der Waals surface area (Å²) in [4.78, 5) is 11.4. The summed E-state index contributed by atoms with van der Waals surface area (Å²) in [6.07, 6.45) is 5.77. The Morgan fingerprint density at radius 2 is 1.78 bits per heavy atom. The zero-order valence-corrected chi connectivity index (χ0v) is 13.0. The highest BCUT2D eigenvalue weighted by Crippen LogP contribution is 2.29. The molecule has 0 heterocycles. The number of hydrogen-bond acceptors (Lipinski definition) is 3. The molecule has 1 aliphatic carbocycles. The van der Waals surface area contributed by atoms with Gasteiger partial charge in [0.15, 0.2) is 0 Å². The Morgan fingerprint density at radius 3 is 2.48 bits per heavy atom. The molecule has 0 unspecified atom stereocenters. The minimum Gasteiger partial charge on any atom is -0.489 e. The average Bonchev–Trinajstić information content (AvgIpc) is 3.44. The second kappa shape index (κ2) is 7.63. The van der Waals surface area contributed by atoms with Gasteiger partial charge in [-0.05, 0) is 42.2 Å². The molecule has 0 amide bonds. The molecule has 0 aromatic heterocycles. The molecular weight excluding hydrogens is 288 g/mol. The van der Waals surface area contributed by atoms with Crippen LogP contribution in [0.15, 0.2) is 60.7 Å². The summed E-state index contributed by atoms with van der Waals surface area (Å²) in [6.45, 7) is 0.898. The molecular formula is C20H20O3. The van der Waals surface area contributed by atoms with Crippen molar-refractivity contribution in [3.05, 3.63) is 71.8 Å². The van der Waals surface area contributed by atoms with Gasteiger partial charge < -0.3 is 9.47 Å². The summed E-state index contributed by atoms with van der Waals surface area (Å²) < 4.78 is 10.9. The van der Waals surface area contributed by atoms with Crippen LogP contribution in [-0.2, 0) is 16.1 Å². The highest BCUT2D eigenvalue weighted by molar-refractivity contribution is 5.75. The van der Waals surface area contributed by atoms with E-state index in [4.69, 9.17) is 9.47 Å². The Labute approximate surface area is 136 Å². The molecule has 0 N–H and O–H groups in total. The number of benzene rings is 2. The quantitative estimate of drug-likeness (QED) is 0.718. The van der Waals surface area contributed by atoms with Gasteiger partial charge in [0.25, 0.3) is 0 Å². The third-order valence-corrected chi connectivity index (χ3v) is 3.67. The summed E-state index contributed by atoms with van der Waals surface area (Å²) in [7, 11) is 0. The van der Waals surface area contributed by atoms with Gasteiger partial charge in [-0.3, -0.25) is 4.79 Å². The maximum absolute atomic E-state index is 11.4. The van der Waals surface area contributed by atoms with Crippen molar-refractivity contribution in [2.75, 3.05) is 6.61 Å². The molecule has 0 saturated heterocycles. The van der Waals surface area contributed by atoms with E-state index < -0.39 is 0 Å². The van der Waals surface area contributed by atoms with Crippen LogP contribution in [0.3, 0.4) is 0 Å². The molecule has 0 radical (unpaired) electrons. The first-order valence-electron chi connectivity index (χ1n) is 7.91. The lowest BCUT2D eigenvalue weighted by molar-refractivity contribution is -0.143. The van der Waals surface area contributed by atoms with Gasteiger partial charge in [-0.15, -0.1) is 0 Å². The van der Waals surface area contributed by atoms with Crippen molar-refractivity contribution in [3.63, 3.8) is 0 Å². The summed E-state index contributed by atoms with van der Waals surface area (Å²) in [5.74, 6) is 0.926. The van der Waals surface area contributed by atoms with Gasteiger partial charge in [0.2, 0.25) is 0 Å². The first-order chi connectivity index (χ1) is 11.3. The highest BCUT2D eigenvalue weighted by atomic mass is 16.5. The van der Waals surface area contributed by atoms with Crippen molar-refractivity contribution < 1.29 is 14.3 Å². The van der Waals surface area contributed by atoms with Crippen molar-refractivity contribution in [2.45, 2.75) is 19.4 Å². The molecule has 0 aliphatic heterocycles. The smallest absolute Gasteiger partial charge is 0.309 e. The van der Waals surface area contributed by atoms with Crippen molar-refractivity contribution in [1.29, 1.82) is 0 Å². The van der Waals surface area contributed by atoms with Gasteiger partial charge in [0.1, 0.15) is 19.0 Å². The van der Waals surface area contributed by atoms with E-state index in [1.807, 2.05) is 66.7 Å². The molecule has 23 heavy (non-hydrogen) atoms. The average molecular weight is 308 g/mol. The Hall–Kier alpha value is -2.55. The standard InChI is InChI=1S/C20H20O3/c21-20(18-10-11-18)22-14-4-7-16-8-12-19(13-9-16)23-15-17-5-2-1-3-6-17/h1-9,12-13,18H,10-11,14-15H2. The maximum atomic E-state index is 11.4. The Kier molecular flexibility index (Phi) is 5.09. The Bertz CT molecular complexity index is 655. The van der Waals surface area contributed by atoms with Crippen LogP contribution >= 0.6 is 0 Å². The van der Waals surface area contributed by atoms with Gasteiger partial charge in [-0.2, -0.15) is 0 Å². The third-order valence-electron chi connectivity index (χ3n) is 3.67. The number of carbonyl (C=O) groups is 1. The van der Waals surface area contributed by atoms with Gasteiger partial charge in [-0.25, -0.2) is 0 Å². The fourth-order valence-electron chi connectivity index (χ4n) is 2.17. The van der Waals surface area contributed by atoms with Gasteiger partial charge in [-0.1, -0.05) is 48.5 Å². The fourth-order valence-corrected chi connectivity index (χ4v) is 2.17. The van der Waals surface area contributed by atoms with Crippen LogP contribution < -0.4 is 4.74 Å². The second-order valence-electron chi connectivity index (χ2n) is 5.65. The van der Waals surface area contributed by atoms with E-state index in [1.54, 1.807) is 0 Å². The van der Waals surface area contributed by atoms with E-state index in [9.17, 15) is 4.79 Å². The van der Waals surface area contributed by atoms with Crippen molar-refractivity contribution >= 4 is 12.0 Å². The van der Waals surface area contributed by atoms with E-state index >= 15 is 0 Å². The topological polar surface area (TPSA) is 35.5 Å². The van der Waals surface area contributed by atoms with E-state index in [0.717, 1.165) is 29.7 Å². The molecule has 0 bridgehead atoms. The van der Waals surface area contributed by atoms with Crippen LogP contribution in [0.25, 0.3) is 6.08 Å². The molecule has 0 spiro atoms. The molecule has 1 fully saturated rings. The van der Waals surface area contributed by atoms with Crippen LogP contribution in [0.2, 0.25) is 0 Å². The lowest BCUT2D eigenvalue weighted by atomic mass is 10.2. The van der Waals surface area contributed by atoms with E-state index in [2.05, 4.69) is 0 Å². The second-order valence-corrected chi connectivity index (χ2v) is 5.65. The third kappa shape index (κ3) is 4.99. The van der Waals surface area contributed by atoms with Crippen LogP contribution in [0.1, 0.15) is 24.0 Å². The van der Waals surface area contributed by atoms with Crippen LogP contribution in [-0.4, -0.2) is 12.6 Å². The first-order valence-corrected chi connectivity index (χ1v) is 7.91. The number of hydrogen-bond donors (Lipinski definition) is 0. The molecule has 118 valence electrons. The lowest BCUT2D eigenvalue weighted by Crippen LogP contribution is -2.05. The summed E-state index contributed by atoms with van der Waals surface area (Å²) in [5.41, 5.74) is 2.20. The Morgan fingerprint density at radius 1 is 1.04 bits per heavy atom. The largest absolute Gasteiger partial charge is 0.489 e. The number of rotatable bonds is 7. The summed E-state index contributed by atoms with van der Waals surface area (Å²) in [6, 6.07) is 17.9. The molecule has 3 heteroatoms. The zero-order chi connectivity index (χ0) is 15.9. The van der Waals surface area contributed by atoms with Crippen LogP contribution in [0.4, 0.5) is 0 Å². The molecule has 0 atom stereocenters. The lowest BCUT2D eigenvalue weighted by Gasteiger charge is -2.06. The maximum Gasteiger partial charge on any atom is 0.309 e. The molecule has 1 saturated carbocycles. The molecule has 2 aromatic rings. The minimum absolute atomic E-state index is 0.0701. The first kappa shape index (κ1) is 15.3. The van der Waals surface area contributed by atoms with Crippen LogP contribution in [0.5, 0.6) is 5.75 Å². The molecule has 1 aliphatic rings. The van der Waals surface area contributed by atoms with Crippen molar-refractivity contribution in [3.8, 4) is 5.75 Å². The number of esters is 1. The number of carbonyl (C=O) groups excluding carboxylic acids is 1. The van der Waals surface area contributed by atoms with Gasteiger partial charge in [0, 0.05) is 0 Å². The van der Waals surface area contributed by atoms with Crippen molar-refractivity contribution in [1.82, 2.24) is 0 Å². The Balaban J connectivity index is 1.43. The van der Waals surface area contributed by atoms with Gasteiger partial charge >= 0.3 is 5.97 Å². The SMILES string of the molecule is O=C(OCC=Cc1ccc(OCc2ccccc2)cc1)C1CC1. The predicted molar refractivity (Wildman–Crippen MR) is 89.9 cm³/mol. The monoisotopic (exact) mass is 308 g/mol.